The Morgan fingerprint density at radius 1 is 0.964 bits per heavy atom. The van der Waals surface area contributed by atoms with Crippen molar-refractivity contribution >= 4 is 34.1 Å². The van der Waals surface area contributed by atoms with Gasteiger partial charge in [-0.2, -0.15) is 0 Å². The SMILES string of the molecule is NC(=O)C(OC(=O)c1cc(-c2cccs2)nc2ccccc12)c1ccccc1. The number of aromatic nitrogens is 1. The minimum atomic E-state index is -1.16. The third-order valence-corrected chi connectivity index (χ3v) is 5.19. The molecule has 1 amide bonds. The van der Waals surface area contributed by atoms with Crippen LogP contribution in [0.15, 0.2) is 78.2 Å². The molecule has 2 heterocycles. The van der Waals surface area contributed by atoms with Gasteiger partial charge in [0, 0.05) is 10.9 Å². The van der Waals surface area contributed by atoms with Gasteiger partial charge in [0.25, 0.3) is 5.91 Å². The number of ether oxygens (including phenoxy) is 1. The number of nitrogens with zero attached hydrogens (tertiary/aromatic N) is 1. The minimum Gasteiger partial charge on any atom is -0.444 e. The number of rotatable bonds is 5. The molecule has 0 saturated carbocycles. The number of hydrogen-bond donors (Lipinski definition) is 1. The first-order valence-electron chi connectivity index (χ1n) is 8.62. The molecule has 0 aliphatic heterocycles. The molecule has 0 aliphatic rings. The lowest BCUT2D eigenvalue weighted by molar-refractivity contribution is -0.127. The standard InChI is InChI=1S/C22H16N2O3S/c23-21(25)20(14-7-2-1-3-8-14)27-22(26)16-13-18(19-11-6-12-28-19)24-17-10-5-4-9-15(16)17/h1-13,20H,(H2,23,25). The number of para-hydroxylation sites is 1. The van der Waals surface area contributed by atoms with Crippen molar-refractivity contribution in [2.45, 2.75) is 6.10 Å². The third kappa shape index (κ3) is 3.50. The smallest absolute Gasteiger partial charge is 0.340 e. The van der Waals surface area contributed by atoms with E-state index >= 15 is 0 Å². The monoisotopic (exact) mass is 388 g/mol. The molecular weight excluding hydrogens is 372 g/mol. The van der Waals surface area contributed by atoms with E-state index in [4.69, 9.17) is 10.5 Å². The Balaban J connectivity index is 1.77. The van der Waals surface area contributed by atoms with Crippen molar-refractivity contribution in [3.8, 4) is 10.6 Å². The zero-order valence-electron chi connectivity index (χ0n) is 14.7. The van der Waals surface area contributed by atoms with Crippen LogP contribution in [0.2, 0.25) is 0 Å². The lowest BCUT2D eigenvalue weighted by Gasteiger charge is -2.16. The van der Waals surface area contributed by atoms with Crippen molar-refractivity contribution in [3.63, 3.8) is 0 Å². The van der Waals surface area contributed by atoms with Crippen molar-refractivity contribution in [2.75, 3.05) is 0 Å². The first kappa shape index (κ1) is 17.9. The Bertz CT molecular complexity index is 1140. The van der Waals surface area contributed by atoms with Crippen LogP contribution in [-0.4, -0.2) is 16.9 Å². The van der Waals surface area contributed by atoms with Crippen LogP contribution >= 0.6 is 11.3 Å². The maximum atomic E-state index is 13.0. The average molecular weight is 388 g/mol. The number of carbonyl (C=O) groups is 2. The summed E-state index contributed by atoms with van der Waals surface area (Å²) in [6.45, 7) is 0. The van der Waals surface area contributed by atoms with Gasteiger partial charge in [-0.25, -0.2) is 9.78 Å². The number of hydrogen-bond acceptors (Lipinski definition) is 5. The van der Waals surface area contributed by atoms with Gasteiger partial charge < -0.3 is 10.5 Å². The maximum absolute atomic E-state index is 13.0. The Labute approximate surface area is 165 Å². The average Bonchev–Trinajstić information content (AvgIpc) is 3.26. The van der Waals surface area contributed by atoms with Gasteiger partial charge in [0.2, 0.25) is 6.10 Å². The van der Waals surface area contributed by atoms with E-state index in [0.717, 1.165) is 4.88 Å². The van der Waals surface area contributed by atoms with Crippen LogP contribution in [-0.2, 0) is 9.53 Å². The van der Waals surface area contributed by atoms with Crippen molar-refractivity contribution < 1.29 is 14.3 Å². The third-order valence-electron chi connectivity index (χ3n) is 4.30. The van der Waals surface area contributed by atoms with Crippen molar-refractivity contribution in [2.24, 2.45) is 5.73 Å². The maximum Gasteiger partial charge on any atom is 0.340 e. The predicted molar refractivity (Wildman–Crippen MR) is 109 cm³/mol. The number of nitrogens with two attached hydrogens (primary N) is 1. The number of thiophene rings is 1. The molecule has 138 valence electrons. The molecule has 4 rings (SSSR count). The second kappa shape index (κ2) is 7.62. The number of esters is 1. The number of amides is 1. The molecule has 0 spiro atoms. The normalized spacial score (nSPS) is 11.9. The first-order valence-corrected chi connectivity index (χ1v) is 9.50. The van der Waals surface area contributed by atoms with E-state index in [9.17, 15) is 9.59 Å². The molecule has 0 radical (unpaired) electrons. The van der Waals surface area contributed by atoms with Crippen LogP contribution in [0.1, 0.15) is 22.0 Å². The van der Waals surface area contributed by atoms with Gasteiger partial charge in [-0.05, 0) is 23.6 Å². The van der Waals surface area contributed by atoms with Gasteiger partial charge in [0.15, 0.2) is 0 Å². The predicted octanol–water partition coefficient (Wildman–Crippen LogP) is 4.35. The van der Waals surface area contributed by atoms with Crippen molar-refractivity contribution in [1.82, 2.24) is 4.98 Å². The Morgan fingerprint density at radius 2 is 1.71 bits per heavy atom. The number of fused-ring (bicyclic) bond motifs is 1. The highest BCUT2D eigenvalue weighted by molar-refractivity contribution is 7.13. The number of benzene rings is 2. The highest BCUT2D eigenvalue weighted by Gasteiger charge is 2.25. The van der Waals surface area contributed by atoms with Crippen molar-refractivity contribution in [1.29, 1.82) is 0 Å². The molecule has 0 bridgehead atoms. The van der Waals surface area contributed by atoms with Gasteiger partial charge >= 0.3 is 5.97 Å². The van der Waals surface area contributed by atoms with E-state index in [1.165, 1.54) is 11.3 Å². The van der Waals surface area contributed by atoms with Gasteiger partial charge in [0.05, 0.1) is 21.7 Å². The molecule has 0 aliphatic carbocycles. The van der Waals surface area contributed by atoms with Gasteiger partial charge in [0.1, 0.15) is 0 Å². The number of pyridine rings is 1. The summed E-state index contributed by atoms with van der Waals surface area (Å²) in [5.41, 5.74) is 7.71. The molecule has 5 nitrogen and oxygen atoms in total. The molecular formula is C22H16N2O3S. The van der Waals surface area contributed by atoms with Crippen LogP contribution in [0.25, 0.3) is 21.5 Å². The summed E-state index contributed by atoms with van der Waals surface area (Å²) in [5.74, 6) is -1.35. The van der Waals surface area contributed by atoms with Crippen LogP contribution in [0.4, 0.5) is 0 Å². The Hall–Kier alpha value is -3.51. The van der Waals surface area contributed by atoms with Gasteiger partial charge in [-0.1, -0.05) is 54.6 Å². The quantitative estimate of drug-likeness (QED) is 0.515. The van der Waals surface area contributed by atoms with Crippen LogP contribution < -0.4 is 5.73 Å². The van der Waals surface area contributed by atoms with Crippen molar-refractivity contribution in [3.05, 3.63) is 89.3 Å². The molecule has 2 N–H and O–H groups in total. The summed E-state index contributed by atoms with van der Waals surface area (Å²) in [6, 6.07) is 21.6. The molecule has 0 saturated heterocycles. The van der Waals surface area contributed by atoms with E-state index in [1.54, 1.807) is 36.4 Å². The van der Waals surface area contributed by atoms with Crippen LogP contribution in [0, 0.1) is 0 Å². The summed E-state index contributed by atoms with van der Waals surface area (Å²) < 4.78 is 5.53. The van der Waals surface area contributed by atoms with E-state index in [0.29, 0.717) is 27.7 Å². The molecule has 2 aromatic carbocycles. The summed E-state index contributed by atoms with van der Waals surface area (Å²) in [5, 5.41) is 2.60. The largest absolute Gasteiger partial charge is 0.444 e. The van der Waals surface area contributed by atoms with E-state index in [2.05, 4.69) is 4.98 Å². The lowest BCUT2D eigenvalue weighted by atomic mass is 10.1. The van der Waals surface area contributed by atoms with Crippen LogP contribution in [0.5, 0.6) is 0 Å². The molecule has 4 aromatic rings. The summed E-state index contributed by atoms with van der Waals surface area (Å²) in [7, 11) is 0. The van der Waals surface area contributed by atoms with Gasteiger partial charge in [-0.3, -0.25) is 4.79 Å². The molecule has 2 aromatic heterocycles. The van der Waals surface area contributed by atoms with E-state index in [-0.39, 0.29) is 0 Å². The van der Waals surface area contributed by atoms with Gasteiger partial charge in [-0.15, -0.1) is 11.3 Å². The fourth-order valence-electron chi connectivity index (χ4n) is 2.98. The second-order valence-electron chi connectivity index (χ2n) is 6.15. The summed E-state index contributed by atoms with van der Waals surface area (Å²) >= 11 is 1.53. The zero-order valence-corrected chi connectivity index (χ0v) is 15.6. The summed E-state index contributed by atoms with van der Waals surface area (Å²) in [4.78, 5) is 30.5. The molecule has 28 heavy (non-hydrogen) atoms. The molecule has 6 heteroatoms. The Kier molecular flexibility index (Phi) is 4.87. The van der Waals surface area contributed by atoms with E-state index in [1.807, 2.05) is 41.8 Å². The molecule has 0 fully saturated rings. The lowest BCUT2D eigenvalue weighted by Crippen LogP contribution is -2.26. The van der Waals surface area contributed by atoms with E-state index < -0.39 is 18.0 Å². The highest BCUT2D eigenvalue weighted by atomic mass is 32.1. The summed E-state index contributed by atoms with van der Waals surface area (Å²) in [6.07, 6.45) is -1.16. The highest BCUT2D eigenvalue weighted by Crippen LogP contribution is 2.29. The molecule has 1 unspecified atom stereocenters. The number of primary amides is 1. The van der Waals surface area contributed by atoms with Crippen LogP contribution in [0.3, 0.4) is 0 Å². The fraction of sp³-hybridized carbons (Fsp3) is 0.0455. The first-order chi connectivity index (χ1) is 13.6. The zero-order chi connectivity index (χ0) is 19.5. The topological polar surface area (TPSA) is 82.3 Å². The molecule has 1 atom stereocenters. The minimum absolute atomic E-state index is 0.344. The number of carbonyl (C=O) groups excluding carboxylic acids is 2. The Morgan fingerprint density at radius 3 is 2.43 bits per heavy atom. The second-order valence-corrected chi connectivity index (χ2v) is 7.10. The fourth-order valence-corrected chi connectivity index (χ4v) is 3.67.